The third-order valence-corrected chi connectivity index (χ3v) is 7.19. The maximum atomic E-state index is 12.8. The predicted molar refractivity (Wildman–Crippen MR) is 119 cm³/mol. The average molecular weight is 422 g/mol. The molecule has 5 nitrogen and oxygen atoms in total. The molecule has 1 aliphatic rings. The highest BCUT2D eigenvalue weighted by molar-refractivity contribution is 7.22. The molecule has 2 amide bonds. The Hall–Kier alpha value is -2.77. The molecule has 0 aliphatic carbocycles. The van der Waals surface area contributed by atoms with Gasteiger partial charge in [0.25, 0.3) is 5.91 Å². The van der Waals surface area contributed by atoms with Crippen molar-refractivity contribution < 1.29 is 9.59 Å². The van der Waals surface area contributed by atoms with Gasteiger partial charge in [-0.05, 0) is 35.7 Å². The molecule has 0 unspecified atom stereocenters. The molecule has 146 valence electrons. The molecule has 0 atom stereocenters. The Balaban J connectivity index is 1.26. The van der Waals surface area contributed by atoms with Crippen LogP contribution in [0.5, 0.6) is 0 Å². The lowest BCUT2D eigenvalue weighted by Gasteiger charge is -2.30. The smallest absolute Gasteiger partial charge is 0.263 e. The van der Waals surface area contributed by atoms with Crippen molar-refractivity contribution in [3.63, 3.8) is 0 Å². The van der Waals surface area contributed by atoms with E-state index in [9.17, 15) is 9.59 Å². The first-order valence-corrected chi connectivity index (χ1v) is 11.3. The second-order valence-electron chi connectivity index (χ2n) is 7.19. The molecule has 1 fully saturated rings. The highest BCUT2D eigenvalue weighted by Gasteiger charge is 2.28. The minimum atomic E-state index is -0.0915. The number of thiophene rings is 1. The van der Waals surface area contributed by atoms with Crippen LogP contribution in [0.25, 0.3) is 21.0 Å². The fourth-order valence-corrected chi connectivity index (χ4v) is 5.40. The Morgan fingerprint density at radius 1 is 1.03 bits per heavy atom. The summed E-state index contributed by atoms with van der Waals surface area (Å²) in [6, 6.07) is 16.0. The van der Waals surface area contributed by atoms with Gasteiger partial charge in [0.15, 0.2) is 5.13 Å². The molecule has 0 spiro atoms. The van der Waals surface area contributed by atoms with E-state index in [2.05, 4.69) is 34.6 Å². The van der Waals surface area contributed by atoms with Crippen molar-refractivity contribution in [2.24, 2.45) is 5.92 Å². The first kappa shape index (κ1) is 18.3. The van der Waals surface area contributed by atoms with Gasteiger partial charge in [0.2, 0.25) is 5.91 Å². The third kappa shape index (κ3) is 3.52. The number of anilines is 1. The van der Waals surface area contributed by atoms with Crippen molar-refractivity contribution in [1.82, 2.24) is 9.88 Å². The van der Waals surface area contributed by atoms with Crippen LogP contribution in [0.2, 0.25) is 0 Å². The molecule has 0 radical (unpaired) electrons. The lowest BCUT2D eigenvalue weighted by atomic mass is 9.96. The number of hydrogen-bond donors (Lipinski definition) is 1. The Morgan fingerprint density at radius 2 is 1.86 bits per heavy atom. The molecular formula is C22H19N3O2S2. The van der Waals surface area contributed by atoms with Gasteiger partial charge in [0, 0.05) is 24.4 Å². The first-order chi connectivity index (χ1) is 14.2. The molecule has 2 aromatic carbocycles. The molecule has 1 aliphatic heterocycles. The molecule has 29 heavy (non-hydrogen) atoms. The molecule has 4 aromatic rings. The van der Waals surface area contributed by atoms with Crippen LogP contribution in [0.15, 0.2) is 53.9 Å². The molecular weight excluding hydrogens is 402 g/mol. The number of piperidine rings is 1. The second-order valence-corrected chi connectivity index (χ2v) is 9.16. The second kappa shape index (κ2) is 7.57. The highest BCUT2D eigenvalue weighted by Crippen LogP contribution is 2.32. The number of thiazole rings is 1. The number of carbonyl (C=O) groups excluding carboxylic acids is 2. The van der Waals surface area contributed by atoms with Crippen LogP contribution in [0, 0.1) is 5.92 Å². The van der Waals surface area contributed by atoms with Gasteiger partial charge in [0.05, 0.1) is 15.1 Å². The fourth-order valence-electron chi connectivity index (χ4n) is 3.82. The van der Waals surface area contributed by atoms with E-state index in [0.717, 1.165) is 25.9 Å². The van der Waals surface area contributed by atoms with Crippen LogP contribution in [0.4, 0.5) is 5.13 Å². The van der Waals surface area contributed by atoms with E-state index in [1.165, 1.54) is 22.7 Å². The number of carbonyl (C=O) groups is 2. The number of hydrogen-bond acceptors (Lipinski definition) is 5. The Kier molecular flexibility index (Phi) is 4.77. The summed E-state index contributed by atoms with van der Waals surface area (Å²) < 4.78 is 1.07. The monoisotopic (exact) mass is 421 g/mol. The van der Waals surface area contributed by atoms with E-state index in [-0.39, 0.29) is 17.7 Å². The summed E-state index contributed by atoms with van der Waals surface area (Å²) >= 11 is 2.96. The van der Waals surface area contributed by atoms with E-state index in [0.29, 0.717) is 31.1 Å². The van der Waals surface area contributed by atoms with Gasteiger partial charge in [0.1, 0.15) is 0 Å². The van der Waals surface area contributed by atoms with E-state index >= 15 is 0 Å². The molecule has 5 rings (SSSR count). The Bertz CT molecular complexity index is 1190. The Morgan fingerprint density at radius 3 is 2.66 bits per heavy atom. The van der Waals surface area contributed by atoms with Crippen LogP contribution >= 0.6 is 22.7 Å². The van der Waals surface area contributed by atoms with Gasteiger partial charge < -0.3 is 10.2 Å². The van der Waals surface area contributed by atoms with Gasteiger partial charge in [-0.2, -0.15) is 0 Å². The molecule has 3 heterocycles. The number of aromatic nitrogens is 1. The summed E-state index contributed by atoms with van der Waals surface area (Å²) in [5.74, 6) is -0.0281. The van der Waals surface area contributed by atoms with Crippen LogP contribution in [-0.2, 0) is 4.79 Å². The van der Waals surface area contributed by atoms with Crippen molar-refractivity contribution >= 4 is 60.6 Å². The summed E-state index contributed by atoms with van der Waals surface area (Å²) in [6.07, 6.45) is 1.35. The lowest BCUT2D eigenvalue weighted by Crippen LogP contribution is -2.41. The lowest BCUT2D eigenvalue weighted by molar-refractivity contribution is -0.121. The quantitative estimate of drug-likeness (QED) is 0.506. The van der Waals surface area contributed by atoms with E-state index in [1.54, 1.807) is 0 Å². The molecule has 0 bridgehead atoms. The SMILES string of the molecule is O=C(Nc1nc2c(ccc3ccccc32)s1)C1CCN(C(=O)c2cccs2)CC1. The van der Waals surface area contributed by atoms with E-state index in [1.807, 2.05) is 34.5 Å². The van der Waals surface area contributed by atoms with Gasteiger partial charge >= 0.3 is 0 Å². The average Bonchev–Trinajstić information content (AvgIpc) is 3.43. The largest absolute Gasteiger partial charge is 0.338 e. The number of nitrogens with zero attached hydrogens (tertiary/aromatic N) is 2. The van der Waals surface area contributed by atoms with Gasteiger partial charge in [-0.25, -0.2) is 4.98 Å². The van der Waals surface area contributed by atoms with Crippen molar-refractivity contribution in [2.45, 2.75) is 12.8 Å². The number of benzene rings is 2. The van der Waals surface area contributed by atoms with E-state index < -0.39 is 0 Å². The van der Waals surface area contributed by atoms with Crippen LogP contribution in [0.1, 0.15) is 22.5 Å². The summed E-state index contributed by atoms with van der Waals surface area (Å²) in [5, 5.41) is 7.80. The molecule has 7 heteroatoms. The molecule has 2 aromatic heterocycles. The summed E-state index contributed by atoms with van der Waals surface area (Å²) in [6.45, 7) is 1.22. The van der Waals surface area contributed by atoms with Crippen LogP contribution in [-0.4, -0.2) is 34.8 Å². The zero-order chi connectivity index (χ0) is 19.8. The summed E-state index contributed by atoms with van der Waals surface area (Å²) in [5.41, 5.74) is 0.930. The summed E-state index contributed by atoms with van der Waals surface area (Å²) in [4.78, 5) is 32.5. The maximum absolute atomic E-state index is 12.8. The highest BCUT2D eigenvalue weighted by atomic mass is 32.1. The number of nitrogens with one attached hydrogen (secondary N) is 1. The fraction of sp³-hybridized carbons (Fsp3) is 0.227. The zero-order valence-electron chi connectivity index (χ0n) is 15.6. The normalized spacial score (nSPS) is 15.1. The molecule has 1 N–H and O–H groups in total. The van der Waals surface area contributed by atoms with Gasteiger partial charge in [-0.3, -0.25) is 9.59 Å². The van der Waals surface area contributed by atoms with Crippen LogP contribution in [0.3, 0.4) is 0 Å². The van der Waals surface area contributed by atoms with Crippen molar-refractivity contribution in [1.29, 1.82) is 0 Å². The van der Waals surface area contributed by atoms with Gasteiger partial charge in [-0.15, -0.1) is 11.3 Å². The predicted octanol–water partition coefficient (Wildman–Crippen LogP) is 5.00. The summed E-state index contributed by atoms with van der Waals surface area (Å²) in [7, 11) is 0. The maximum Gasteiger partial charge on any atom is 0.263 e. The molecule has 0 saturated carbocycles. The minimum Gasteiger partial charge on any atom is -0.338 e. The number of likely N-dealkylation sites (tertiary alicyclic amines) is 1. The van der Waals surface area contributed by atoms with E-state index in [4.69, 9.17) is 0 Å². The first-order valence-electron chi connectivity index (χ1n) is 9.61. The van der Waals surface area contributed by atoms with Crippen molar-refractivity contribution in [2.75, 3.05) is 18.4 Å². The minimum absolute atomic E-state index is 0.00316. The molecule has 1 saturated heterocycles. The Labute approximate surface area is 176 Å². The standard InChI is InChI=1S/C22H19N3O2S2/c26-20(15-9-11-25(12-10-15)21(27)18-6-3-13-28-18)24-22-23-19-16-5-2-1-4-14(16)7-8-17(19)29-22/h1-8,13,15H,9-12H2,(H,23,24,26). The van der Waals surface area contributed by atoms with Crippen LogP contribution < -0.4 is 5.32 Å². The van der Waals surface area contributed by atoms with Crippen molar-refractivity contribution in [3.05, 3.63) is 58.8 Å². The number of fused-ring (bicyclic) bond motifs is 3. The topological polar surface area (TPSA) is 62.3 Å². The number of amides is 2. The third-order valence-electron chi connectivity index (χ3n) is 5.40. The van der Waals surface area contributed by atoms with Crippen molar-refractivity contribution in [3.8, 4) is 0 Å². The number of rotatable bonds is 3. The zero-order valence-corrected chi connectivity index (χ0v) is 17.3. The van der Waals surface area contributed by atoms with Gasteiger partial charge in [-0.1, -0.05) is 47.7 Å².